The first-order chi connectivity index (χ1) is 12.2. The lowest BCUT2D eigenvalue weighted by Crippen LogP contribution is -2.29. The van der Waals surface area contributed by atoms with Crippen molar-refractivity contribution >= 4 is 23.4 Å². The van der Waals surface area contributed by atoms with Crippen LogP contribution in [0.1, 0.15) is 26.4 Å². The Hall–Kier alpha value is -3.05. The van der Waals surface area contributed by atoms with E-state index in [0.717, 1.165) is 5.56 Å². The molecule has 0 unspecified atom stereocenters. The van der Waals surface area contributed by atoms with Crippen LogP contribution in [0.3, 0.4) is 0 Å². The largest absolute Gasteiger partial charge is 0.269 e. The summed E-state index contributed by atoms with van der Waals surface area (Å²) in [6.45, 7) is 0.0771. The summed E-state index contributed by atoms with van der Waals surface area (Å²) >= 11 is 6.19. The number of fused-ring (bicyclic) bond motifs is 1. The first-order valence-corrected chi connectivity index (χ1v) is 8.04. The van der Waals surface area contributed by atoms with Gasteiger partial charge in [-0.3, -0.25) is 19.5 Å². The summed E-state index contributed by atoms with van der Waals surface area (Å²) in [4.78, 5) is 34.8. The van der Waals surface area contributed by atoms with Crippen molar-refractivity contribution in [2.24, 2.45) is 0 Å². The van der Waals surface area contributed by atoms with Crippen molar-refractivity contribution in [1.29, 1.82) is 0 Å². The van der Waals surface area contributed by atoms with E-state index in [2.05, 4.69) is 9.97 Å². The van der Waals surface area contributed by atoms with E-state index in [1.807, 2.05) is 12.1 Å². The smallest absolute Gasteiger partial charge is 0.261 e. The molecule has 0 spiro atoms. The van der Waals surface area contributed by atoms with Gasteiger partial charge in [-0.25, -0.2) is 4.98 Å². The average Bonchev–Trinajstić information content (AvgIpc) is 2.88. The number of amides is 2. The van der Waals surface area contributed by atoms with Crippen LogP contribution >= 0.6 is 11.6 Å². The topological polar surface area (TPSA) is 63.2 Å². The quantitative estimate of drug-likeness (QED) is 0.535. The van der Waals surface area contributed by atoms with Crippen LogP contribution in [-0.2, 0) is 6.54 Å². The number of halogens is 1. The third-order valence-electron chi connectivity index (χ3n) is 4.13. The van der Waals surface area contributed by atoms with E-state index in [9.17, 15) is 9.59 Å². The highest BCUT2D eigenvalue weighted by atomic mass is 35.5. The molecule has 25 heavy (non-hydrogen) atoms. The van der Waals surface area contributed by atoms with E-state index in [-0.39, 0.29) is 18.4 Å². The molecule has 2 amide bonds. The van der Waals surface area contributed by atoms with Crippen LogP contribution in [0.2, 0.25) is 5.15 Å². The van der Waals surface area contributed by atoms with E-state index < -0.39 is 0 Å². The summed E-state index contributed by atoms with van der Waals surface area (Å²) in [5.41, 5.74) is 2.89. The van der Waals surface area contributed by atoms with Gasteiger partial charge >= 0.3 is 0 Å². The molecule has 0 fully saturated rings. The Morgan fingerprint density at radius 1 is 0.760 bits per heavy atom. The molecule has 3 aromatic rings. The molecule has 122 valence electrons. The first-order valence-electron chi connectivity index (χ1n) is 7.67. The number of carbonyl (C=O) groups excluding carboxylic acids is 2. The zero-order valence-electron chi connectivity index (χ0n) is 13.0. The van der Waals surface area contributed by atoms with Crippen LogP contribution in [0.4, 0.5) is 0 Å². The summed E-state index contributed by atoms with van der Waals surface area (Å²) in [5.74, 6) is -0.621. The lowest BCUT2D eigenvalue weighted by Gasteiger charge is -2.16. The Kier molecular flexibility index (Phi) is 3.78. The molecule has 0 aliphatic carbocycles. The van der Waals surface area contributed by atoms with Crippen LogP contribution in [0.15, 0.2) is 60.9 Å². The number of rotatable bonds is 3. The molecule has 2 aromatic heterocycles. The van der Waals surface area contributed by atoms with Gasteiger partial charge in [-0.05, 0) is 30.3 Å². The minimum absolute atomic E-state index is 0.0771. The fourth-order valence-electron chi connectivity index (χ4n) is 2.93. The minimum Gasteiger partial charge on any atom is -0.269 e. The van der Waals surface area contributed by atoms with E-state index in [0.29, 0.717) is 27.5 Å². The van der Waals surface area contributed by atoms with Gasteiger partial charge in [0.1, 0.15) is 5.15 Å². The van der Waals surface area contributed by atoms with Crippen molar-refractivity contribution in [1.82, 2.24) is 14.9 Å². The maximum absolute atomic E-state index is 12.6. The number of pyridine rings is 2. The van der Waals surface area contributed by atoms with Crippen LogP contribution in [0.5, 0.6) is 0 Å². The Balaban J connectivity index is 1.73. The second-order valence-corrected chi connectivity index (χ2v) is 5.94. The molecule has 1 aromatic carbocycles. The van der Waals surface area contributed by atoms with Crippen molar-refractivity contribution < 1.29 is 9.59 Å². The summed E-state index contributed by atoms with van der Waals surface area (Å²) in [6.07, 6.45) is 3.23. The predicted octanol–water partition coefficient (Wildman–Crippen LogP) is 3.59. The molecule has 3 heterocycles. The van der Waals surface area contributed by atoms with Gasteiger partial charge in [-0.15, -0.1) is 0 Å². The van der Waals surface area contributed by atoms with E-state index in [4.69, 9.17) is 11.6 Å². The molecule has 1 aliphatic heterocycles. The van der Waals surface area contributed by atoms with Crippen LogP contribution in [0, 0.1) is 0 Å². The Morgan fingerprint density at radius 3 is 1.96 bits per heavy atom. The molecule has 0 N–H and O–H groups in total. The number of imide groups is 1. The zero-order chi connectivity index (χ0) is 17.4. The molecule has 0 saturated carbocycles. The van der Waals surface area contributed by atoms with Gasteiger partial charge < -0.3 is 0 Å². The van der Waals surface area contributed by atoms with Crippen molar-refractivity contribution in [3.05, 3.63) is 82.9 Å². The Bertz CT molecular complexity index is 968. The SMILES string of the molecule is O=C1c2ccccc2C(=O)N1Cc1ncccc1-c1cccnc1Cl. The second-order valence-electron chi connectivity index (χ2n) is 5.58. The highest BCUT2D eigenvalue weighted by Gasteiger charge is 2.35. The van der Waals surface area contributed by atoms with Crippen molar-refractivity contribution in [3.8, 4) is 11.1 Å². The van der Waals surface area contributed by atoms with Crippen molar-refractivity contribution in [2.45, 2.75) is 6.54 Å². The van der Waals surface area contributed by atoms with Gasteiger partial charge in [0.25, 0.3) is 11.8 Å². The van der Waals surface area contributed by atoms with E-state index in [1.54, 1.807) is 48.8 Å². The summed E-state index contributed by atoms with van der Waals surface area (Å²) in [6, 6.07) is 14.1. The summed E-state index contributed by atoms with van der Waals surface area (Å²) in [5, 5.41) is 0.346. The van der Waals surface area contributed by atoms with Gasteiger partial charge in [0.2, 0.25) is 0 Å². The maximum Gasteiger partial charge on any atom is 0.261 e. The molecule has 5 nitrogen and oxygen atoms in total. The third kappa shape index (κ3) is 2.58. The van der Waals surface area contributed by atoms with Crippen LogP contribution in [0.25, 0.3) is 11.1 Å². The lowest BCUT2D eigenvalue weighted by atomic mass is 10.1. The monoisotopic (exact) mass is 349 g/mol. The first kappa shape index (κ1) is 15.5. The zero-order valence-corrected chi connectivity index (χ0v) is 13.8. The maximum atomic E-state index is 12.6. The van der Waals surface area contributed by atoms with Crippen LogP contribution < -0.4 is 0 Å². The molecule has 0 bridgehead atoms. The van der Waals surface area contributed by atoms with Crippen LogP contribution in [-0.4, -0.2) is 26.7 Å². The van der Waals surface area contributed by atoms with Gasteiger partial charge in [0.15, 0.2) is 0 Å². The molecular formula is C19H12ClN3O2. The van der Waals surface area contributed by atoms with Crippen molar-refractivity contribution in [2.75, 3.05) is 0 Å². The fourth-order valence-corrected chi connectivity index (χ4v) is 3.15. The number of carbonyl (C=O) groups is 2. The standard InChI is InChI=1S/C19H12ClN3O2/c20-17-13(8-4-10-22-17)12-7-3-9-21-16(12)11-23-18(24)14-5-1-2-6-15(14)19(23)25/h1-10H,11H2. The molecule has 1 aliphatic rings. The summed E-state index contributed by atoms with van der Waals surface area (Å²) < 4.78 is 0. The summed E-state index contributed by atoms with van der Waals surface area (Å²) in [7, 11) is 0. The molecular weight excluding hydrogens is 338 g/mol. The number of benzene rings is 1. The van der Waals surface area contributed by atoms with E-state index >= 15 is 0 Å². The predicted molar refractivity (Wildman–Crippen MR) is 93.1 cm³/mol. The van der Waals surface area contributed by atoms with Gasteiger partial charge in [-0.1, -0.05) is 29.8 Å². The number of hydrogen-bond acceptors (Lipinski definition) is 4. The third-order valence-corrected chi connectivity index (χ3v) is 4.43. The molecule has 0 atom stereocenters. The highest BCUT2D eigenvalue weighted by Crippen LogP contribution is 2.30. The molecule has 0 radical (unpaired) electrons. The normalized spacial score (nSPS) is 13.2. The number of aromatic nitrogens is 2. The van der Waals surface area contributed by atoms with Gasteiger partial charge in [-0.2, -0.15) is 0 Å². The Morgan fingerprint density at radius 2 is 1.32 bits per heavy atom. The van der Waals surface area contributed by atoms with E-state index in [1.165, 1.54) is 4.90 Å². The minimum atomic E-state index is -0.311. The number of hydrogen-bond donors (Lipinski definition) is 0. The number of nitrogens with zero attached hydrogens (tertiary/aromatic N) is 3. The second kappa shape index (κ2) is 6.11. The van der Waals surface area contributed by atoms with Gasteiger partial charge in [0, 0.05) is 23.5 Å². The molecule has 0 saturated heterocycles. The highest BCUT2D eigenvalue weighted by molar-refractivity contribution is 6.32. The molecule has 6 heteroatoms. The lowest BCUT2D eigenvalue weighted by molar-refractivity contribution is 0.0640. The van der Waals surface area contributed by atoms with Gasteiger partial charge in [0.05, 0.1) is 23.4 Å². The van der Waals surface area contributed by atoms with Crippen molar-refractivity contribution in [3.63, 3.8) is 0 Å². The fraction of sp³-hybridized carbons (Fsp3) is 0.0526. The average molecular weight is 350 g/mol. The Labute approximate surface area is 148 Å². The molecule has 4 rings (SSSR count).